The molecule has 0 N–H and O–H groups in total. The highest BCUT2D eigenvalue weighted by molar-refractivity contribution is 6.30. The standard InChI is InChI=1S/C25H25Cl2N3O2/c26-20-7-3-17(4-8-20)22-28-23(32-29-22)18-11-15-30(16-12-18)24(31)25(13-1-2-14-25)19-5-9-21(27)10-6-19/h3-10,18H,1-2,11-16H2. The van der Waals surface area contributed by atoms with Gasteiger partial charge in [0.05, 0.1) is 5.41 Å². The van der Waals surface area contributed by atoms with Crippen LogP contribution < -0.4 is 0 Å². The zero-order valence-electron chi connectivity index (χ0n) is 17.8. The van der Waals surface area contributed by atoms with Crippen molar-refractivity contribution in [2.45, 2.75) is 49.9 Å². The van der Waals surface area contributed by atoms with Crippen molar-refractivity contribution in [2.24, 2.45) is 0 Å². The number of amides is 1. The maximum atomic E-state index is 13.7. The number of hydrogen-bond acceptors (Lipinski definition) is 4. The van der Waals surface area contributed by atoms with Gasteiger partial charge in [-0.1, -0.05) is 53.3 Å². The van der Waals surface area contributed by atoms with Gasteiger partial charge in [0, 0.05) is 34.6 Å². The van der Waals surface area contributed by atoms with Gasteiger partial charge < -0.3 is 9.42 Å². The van der Waals surface area contributed by atoms with Gasteiger partial charge in [-0.05, 0) is 67.6 Å². The average Bonchev–Trinajstić information content (AvgIpc) is 3.51. The molecular formula is C25H25Cl2N3O2. The lowest BCUT2D eigenvalue weighted by molar-refractivity contribution is -0.138. The van der Waals surface area contributed by atoms with Gasteiger partial charge in [-0.3, -0.25) is 4.79 Å². The lowest BCUT2D eigenvalue weighted by Gasteiger charge is -2.38. The predicted octanol–water partition coefficient (Wildman–Crippen LogP) is 6.26. The van der Waals surface area contributed by atoms with Gasteiger partial charge >= 0.3 is 0 Å². The molecule has 5 nitrogen and oxygen atoms in total. The first-order valence-electron chi connectivity index (χ1n) is 11.2. The number of rotatable bonds is 4. The molecule has 2 aliphatic rings. The van der Waals surface area contributed by atoms with Crippen LogP contribution in [0, 0.1) is 0 Å². The highest BCUT2D eigenvalue weighted by atomic mass is 35.5. The summed E-state index contributed by atoms with van der Waals surface area (Å²) in [5.74, 6) is 1.64. The lowest BCUT2D eigenvalue weighted by atomic mass is 9.77. The fraction of sp³-hybridized carbons (Fsp3) is 0.400. The van der Waals surface area contributed by atoms with Crippen LogP contribution in [0.5, 0.6) is 0 Å². The Kier molecular flexibility index (Phi) is 5.95. The van der Waals surface area contributed by atoms with Gasteiger partial charge in [0.2, 0.25) is 17.6 Å². The topological polar surface area (TPSA) is 59.2 Å². The van der Waals surface area contributed by atoms with E-state index in [1.165, 1.54) is 0 Å². The number of nitrogens with zero attached hydrogens (tertiary/aromatic N) is 3. The van der Waals surface area contributed by atoms with Crippen LogP contribution in [-0.2, 0) is 10.2 Å². The number of hydrogen-bond donors (Lipinski definition) is 0. The molecule has 1 saturated carbocycles. The van der Waals surface area contributed by atoms with Gasteiger partial charge in [0.1, 0.15) is 0 Å². The third kappa shape index (κ3) is 4.04. The van der Waals surface area contributed by atoms with Crippen LogP contribution >= 0.6 is 23.2 Å². The molecule has 2 fully saturated rings. The number of halogens is 2. The number of benzene rings is 2. The lowest BCUT2D eigenvalue weighted by Crippen LogP contribution is -2.48. The highest BCUT2D eigenvalue weighted by Gasteiger charge is 2.45. The molecule has 1 aliphatic heterocycles. The Hall–Kier alpha value is -2.37. The van der Waals surface area contributed by atoms with E-state index in [2.05, 4.69) is 10.1 Å². The van der Waals surface area contributed by atoms with Crippen LogP contribution in [0.3, 0.4) is 0 Å². The molecule has 32 heavy (non-hydrogen) atoms. The van der Waals surface area contributed by atoms with Crippen LogP contribution in [0.4, 0.5) is 0 Å². The summed E-state index contributed by atoms with van der Waals surface area (Å²) < 4.78 is 5.57. The van der Waals surface area contributed by atoms with Crippen molar-refractivity contribution in [3.63, 3.8) is 0 Å². The first-order valence-corrected chi connectivity index (χ1v) is 12.0. The first-order chi connectivity index (χ1) is 15.5. The van der Waals surface area contributed by atoms with Crippen molar-refractivity contribution >= 4 is 29.1 Å². The summed E-state index contributed by atoms with van der Waals surface area (Å²) in [6.45, 7) is 1.41. The summed E-state index contributed by atoms with van der Waals surface area (Å²) in [6.07, 6.45) is 5.62. The van der Waals surface area contributed by atoms with Gasteiger partial charge in [-0.2, -0.15) is 4.98 Å². The van der Waals surface area contributed by atoms with Gasteiger partial charge in [-0.15, -0.1) is 0 Å². The van der Waals surface area contributed by atoms with E-state index in [1.807, 2.05) is 53.4 Å². The maximum absolute atomic E-state index is 13.7. The maximum Gasteiger partial charge on any atom is 0.233 e. The van der Waals surface area contributed by atoms with Crippen molar-refractivity contribution in [1.29, 1.82) is 0 Å². The summed E-state index contributed by atoms with van der Waals surface area (Å²) in [7, 11) is 0. The number of carbonyl (C=O) groups excluding carboxylic acids is 1. The largest absolute Gasteiger partial charge is 0.342 e. The second kappa shape index (κ2) is 8.87. The Labute approximate surface area is 197 Å². The smallest absolute Gasteiger partial charge is 0.233 e. The molecule has 5 rings (SSSR count). The van der Waals surface area contributed by atoms with E-state index in [0.717, 1.165) is 49.7 Å². The average molecular weight is 470 g/mol. The number of aromatic nitrogens is 2. The van der Waals surface area contributed by atoms with Crippen LogP contribution in [0.15, 0.2) is 53.1 Å². The minimum atomic E-state index is -0.413. The second-order valence-electron chi connectivity index (χ2n) is 8.83. The summed E-state index contributed by atoms with van der Waals surface area (Å²) in [5, 5.41) is 5.52. The summed E-state index contributed by atoms with van der Waals surface area (Å²) in [6, 6.07) is 15.2. The Balaban J connectivity index is 1.27. The van der Waals surface area contributed by atoms with Crippen LogP contribution in [-0.4, -0.2) is 34.0 Å². The number of piperidine rings is 1. The molecule has 1 aromatic heterocycles. The van der Waals surface area contributed by atoms with Crippen LogP contribution in [0.25, 0.3) is 11.4 Å². The minimum absolute atomic E-state index is 0.169. The van der Waals surface area contributed by atoms with Gasteiger partial charge in [-0.25, -0.2) is 0 Å². The molecule has 3 aromatic rings. The van der Waals surface area contributed by atoms with Crippen molar-refractivity contribution < 1.29 is 9.32 Å². The third-order valence-electron chi connectivity index (χ3n) is 6.94. The monoisotopic (exact) mass is 469 g/mol. The second-order valence-corrected chi connectivity index (χ2v) is 9.70. The highest BCUT2D eigenvalue weighted by Crippen LogP contribution is 2.44. The van der Waals surface area contributed by atoms with E-state index in [1.54, 1.807) is 0 Å². The minimum Gasteiger partial charge on any atom is -0.342 e. The molecular weight excluding hydrogens is 445 g/mol. The van der Waals surface area contributed by atoms with Gasteiger partial charge in [0.15, 0.2) is 0 Å². The third-order valence-corrected chi connectivity index (χ3v) is 7.44. The molecule has 2 aromatic carbocycles. The molecule has 1 saturated heterocycles. The van der Waals surface area contributed by atoms with Crippen molar-refractivity contribution in [3.05, 3.63) is 70.0 Å². The van der Waals surface area contributed by atoms with E-state index >= 15 is 0 Å². The molecule has 0 bridgehead atoms. The van der Waals surface area contributed by atoms with Crippen LogP contribution in [0.2, 0.25) is 10.0 Å². The Morgan fingerprint density at radius 2 is 1.53 bits per heavy atom. The Morgan fingerprint density at radius 1 is 0.938 bits per heavy atom. The molecule has 2 heterocycles. The Bertz CT molecular complexity index is 1080. The zero-order chi connectivity index (χ0) is 22.1. The molecule has 7 heteroatoms. The summed E-state index contributed by atoms with van der Waals surface area (Å²) in [4.78, 5) is 20.3. The van der Waals surface area contributed by atoms with Gasteiger partial charge in [0.25, 0.3) is 0 Å². The molecule has 0 atom stereocenters. The Morgan fingerprint density at radius 3 is 2.16 bits per heavy atom. The summed E-state index contributed by atoms with van der Waals surface area (Å²) >= 11 is 12.1. The van der Waals surface area contributed by atoms with Crippen molar-refractivity contribution in [2.75, 3.05) is 13.1 Å². The molecule has 0 unspecified atom stereocenters. The van der Waals surface area contributed by atoms with E-state index in [4.69, 9.17) is 27.7 Å². The van der Waals surface area contributed by atoms with Crippen molar-refractivity contribution in [1.82, 2.24) is 15.0 Å². The SMILES string of the molecule is O=C(N1CCC(c2nc(-c3ccc(Cl)cc3)no2)CC1)C1(c2ccc(Cl)cc2)CCCC1. The molecule has 1 amide bonds. The normalized spacial score (nSPS) is 18.8. The van der Waals surface area contributed by atoms with E-state index in [0.29, 0.717) is 34.8 Å². The molecule has 166 valence electrons. The molecule has 0 spiro atoms. The quantitative estimate of drug-likeness (QED) is 0.452. The van der Waals surface area contributed by atoms with Crippen LogP contribution in [0.1, 0.15) is 55.9 Å². The van der Waals surface area contributed by atoms with E-state index < -0.39 is 5.41 Å². The first kappa shape index (κ1) is 21.5. The fourth-order valence-electron chi connectivity index (χ4n) is 5.12. The summed E-state index contributed by atoms with van der Waals surface area (Å²) in [5.41, 5.74) is 1.56. The predicted molar refractivity (Wildman–Crippen MR) is 125 cm³/mol. The molecule has 0 radical (unpaired) electrons. The van der Waals surface area contributed by atoms with E-state index in [-0.39, 0.29) is 11.8 Å². The molecule has 1 aliphatic carbocycles. The van der Waals surface area contributed by atoms with E-state index in [9.17, 15) is 4.79 Å². The number of carbonyl (C=O) groups is 1. The zero-order valence-corrected chi connectivity index (χ0v) is 19.3. The fourth-order valence-corrected chi connectivity index (χ4v) is 5.37. The number of likely N-dealkylation sites (tertiary alicyclic amines) is 1. The van der Waals surface area contributed by atoms with Crippen molar-refractivity contribution in [3.8, 4) is 11.4 Å².